The molecule has 19 heavy (non-hydrogen) atoms. The van der Waals surface area contributed by atoms with Gasteiger partial charge in [0.25, 0.3) is 0 Å². The monoisotopic (exact) mass is 261 g/mol. The van der Waals surface area contributed by atoms with Crippen LogP contribution in [0.2, 0.25) is 0 Å². The Bertz CT molecular complexity index is 432. The summed E-state index contributed by atoms with van der Waals surface area (Å²) in [5.41, 5.74) is 6.05. The summed E-state index contributed by atoms with van der Waals surface area (Å²) in [6.07, 6.45) is 0.279. The molecule has 0 aliphatic heterocycles. The Balaban J connectivity index is 2.75. The summed E-state index contributed by atoms with van der Waals surface area (Å²) in [4.78, 5) is 16.5. The molecule has 1 aromatic rings. The highest BCUT2D eigenvalue weighted by Gasteiger charge is 2.15. The summed E-state index contributed by atoms with van der Waals surface area (Å²) in [6, 6.07) is 9.26. The molecule has 0 unspecified atom stereocenters. The van der Waals surface area contributed by atoms with Crippen LogP contribution in [0.4, 0.5) is 0 Å². The lowest BCUT2D eigenvalue weighted by atomic mass is 10.1. The van der Waals surface area contributed by atoms with Crippen LogP contribution >= 0.6 is 0 Å². The van der Waals surface area contributed by atoms with E-state index in [-0.39, 0.29) is 17.7 Å². The van der Waals surface area contributed by atoms with Gasteiger partial charge in [-0.05, 0) is 20.8 Å². The first-order chi connectivity index (χ1) is 8.92. The van der Waals surface area contributed by atoms with E-state index in [1.54, 1.807) is 0 Å². The Kier molecular flexibility index (Phi) is 5.70. The smallest absolute Gasteiger partial charge is 0.170 e. The number of hydrogen-bond acceptors (Lipinski definition) is 3. The lowest BCUT2D eigenvalue weighted by Gasteiger charge is -2.23. The summed E-state index contributed by atoms with van der Waals surface area (Å²) in [5.74, 6) is 0.764. The minimum Gasteiger partial charge on any atom is -0.369 e. The molecule has 0 saturated carbocycles. The van der Waals surface area contributed by atoms with E-state index in [9.17, 15) is 4.79 Å². The maximum atomic E-state index is 12.2. The highest BCUT2D eigenvalue weighted by atomic mass is 16.1. The minimum atomic E-state index is -0.121. The quantitative estimate of drug-likeness (QED) is 0.484. The van der Waals surface area contributed by atoms with E-state index < -0.39 is 0 Å². The van der Waals surface area contributed by atoms with Crippen molar-refractivity contribution in [3.8, 4) is 0 Å². The molecular weight excluding hydrogens is 238 g/mol. The topological polar surface area (TPSA) is 67.5 Å². The van der Waals surface area contributed by atoms with Gasteiger partial charge in [-0.15, -0.1) is 0 Å². The maximum Gasteiger partial charge on any atom is 0.170 e. The molecule has 0 spiro atoms. The molecule has 4 nitrogen and oxygen atoms in total. The minimum absolute atomic E-state index is 0.0631. The van der Waals surface area contributed by atoms with Crippen LogP contribution in [0.25, 0.3) is 0 Å². The van der Waals surface area contributed by atoms with Crippen LogP contribution in [-0.4, -0.2) is 30.2 Å². The molecule has 0 aliphatic rings. The van der Waals surface area contributed by atoms with Gasteiger partial charge in [-0.25, -0.2) is 0 Å². The van der Waals surface area contributed by atoms with E-state index in [1.807, 2.05) is 51.1 Å². The normalized spacial score (nSPS) is 12.3. The Morgan fingerprint density at radius 3 is 2.42 bits per heavy atom. The summed E-state index contributed by atoms with van der Waals surface area (Å²) in [6.45, 7) is 7.13. The van der Waals surface area contributed by atoms with Crippen LogP contribution in [0.5, 0.6) is 0 Å². The van der Waals surface area contributed by atoms with Gasteiger partial charge >= 0.3 is 0 Å². The van der Waals surface area contributed by atoms with Gasteiger partial charge in [0.05, 0.1) is 13.0 Å². The zero-order valence-electron chi connectivity index (χ0n) is 11.9. The van der Waals surface area contributed by atoms with Crippen molar-refractivity contribution in [1.29, 1.82) is 0 Å². The number of benzene rings is 1. The Morgan fingerprint density at radius 1 is 1.26 bits per heavy atom. The van der Waals surface area contributed by atoms with Gasteiger partial charge in [-0.1, -0.05) is 30.3 Å². The fourth-order valence-electron chi connectivity index (χ4n) is 1.65. The van der Waals surface area contributed by atoms with Gasteiger partial charge in [0.1, 0.15) is 5.84 Å². The molecule has 0 bridgehead atoms. The number of hydrogen-bond donors (Lipinski definition) is 2. The highest BCUT2D eigenvalue weighted by Crippen LogP contribution is 2.06. The number of carbonyl (C=O) groups excluding carboxylic acids is 1. The van der Waals surface area contributed by atoms with Crippen molar-refractivity contribution in [1.82, 2.24) is 5.32 Å². The molecule has 0 amide bonds. The Morgan fingerprint density at radius 2 is 1.89 bits per heavy atom. The van der Waals surface area contributed by atoms with Gasteiger partial charge in [-0.3, -0.25) is 9.79 Å². The van der Waals surface area contributed by atoms with E-state index in [4.69, 9.17) is 5.73 Å². The fourth-order valence-corrected chi connectivity index (χ4v) is 1.65. The van der Waals surface area contributed by atoms with Gasteiger partial charge in [0, 0.05) is 17.6 Å². The SMILES string of the molecule is CC(C)(C)NC(CC(=O)c1ccccc1)=NCCN. The Labute approximate surface area is 115 Å². The van der Waals surface area contributed by atoms with Crippen molar-refractivity contribution in [2.45, 2.75) is 32.7 Å². The average molecular weight is 261 g/mol. The Hall–Kier alpha value is -1.68. The summed E-state index contributed by atoms with van der Waals surface area (Å²) >= 11 is 0. The number of rotatable bonds is 5. The van der Waals surface area contributed by atoms with E-state index in [0.717, 1.165) is 0 Å². The predicted octanol–water partition coefficient (Wildman–Crippen LogP) is 2.00. The molecule has 0 saturated heterocycles. The number of ketones is 1. The van der Waals surface area contributed by atoms with Crippen molar-refractivity contribution < 1.29 is 4.79 Å². The van der Waals surface area contributed by atoms with E-state index in [2.05, 4.69) is 10.3 Å². The van der Waals surface area contributed by atoms with Crippen LogP contribution in [0.15, 0.2) is 35.3 Å². The lowest BCUT2D eigenvalue weighted by Crippen LogP contribution is -2.41. The van der Waals surface area contributed by atoms with E-state index in [1.165, 1.54) is 0 Å². The van der Waals surface area contributed by atoms with Crippen molar-refractivity contribution in [2.75, 3.05) is 13.1 Å². The zero-order chi connectivity index (χ0) is 14.3. The van der Waals surface area contributed by atoms with Crippen molar-refractivity contribution in [2.24, 2.45) is 10.7 Å². The van der Waals surface area contributed by atoms with E-state index >= 15 is 0 Å². The third-order valence-corrected chi connectivity index (χ3v) is 2.37. The number of amidine groups is 1. The van der Waals surface area contributed by atoms with Crippen molar-refractivity contribution in [3.05, 3.63) is 35.9 Å². The number of carbonyl (C=O) groups is 1. The third kappa shape index (κ3) is 6.15. The number of nitrogens with one attached hydrogen (secondary N) is 1. The molecule has 0 radical (unpaired) electrons. The average Bonchev–Trinajstić information content (AvgIpc) is 2.35. The van der Waals surface area contributed by atoms with Gasteiger partial charge in [-0.2, -0.15) is 0 Å². The molecule has 4 heteroatoms. The van der Waals surface area contributed by atoms with Gasteiger partial charge in [0.15, 0.2) is 5.78 Å². The summed E-state index contributed by atoms with van der Waals surface area (Å²) < 4.78 is 0. The van der Waals surface area contributed by atoms with Crippen molar-refractivity contribution in [3.63, 3.8) is 0 Å². The van der Waals surface area contributed by atoms with Crippen LogP contribution in [0.3, 0.4) is 0 Å². The second-order valence-electron chi connectivity index (χ2n) is 5.46. The fraction of sp³-hybridized carbons (Fsp3) is 0.467. The first-order valence-electron chi connectivity index (χ1n) is 6.52. The molecular formula is C15H23N3O. The summed E-state index contributed by atoms with van der Waals surface area (Å²) in [5, 5.41) is 3.27. The molecule has 104 valence electrons. The molecule has 0 heterocycles. The number of aliphatic imine (C=N–C) groups is 1. The predicted molar refractivity (Wildman–Crippen MR) is 79.6 cm³/mol. The van der Waals surface area contributed by atoms with Crippen LogP contribution in [0.1, 0.15) is 37.6 Å². The second kappa shape index (κ2) is 7.04. The standard InChI is InChI=1S/C15H23N3O/c1-15(2,3)18-14(17-10-9-16)11-13(19)12-7-5-4-6-8-12/h4-8H,9-11,16H2,1-3H3,(H,17,18). The van der Waals surface area contributed by atoms with Crippen LogP contribution in [0, 0.1) is 0 Å². The second-order valence-corrected chi connectivity index (χ2v) is 5.46. The molecule has 3 N–H and O–H groups in total. The first-order valence-corrected chi connectivity index (χ1v) is 6.52. The maximum absolute atomic E-state index is 12.2. The van der Waals surface area contributed by atoms with Gasteiger partial charge < -0.3 is 11.1 Å². The largest absolute Gasteiger partial charge is 0.369 e. The van der Waals surface area contributed by atoms with Crippen LogP contribution in [-0.2, 0) is 0 Å². The third-order valence-electron chi connectivity index (χ3n) is 2.37. The first kappa shape index (κ1) is 15.4. The number of nitrogens with two attached hydrogens (primary N) is 1. The number of Topliss-reactive ketones (excluding diaryl/α,β-unsaturated/α-hetero) is 1. The lowest BCUT2D eigenvalue weighted by molar-refractivity contribution is 0.0999. The van der Waals surface area contributed by atoms with Gasteiger partial charge in [0.2, 0.25) is 0 Å². The molecule has 0 atom stereocenters. The molecule has 1 aromatic carbocycles. The zero-order valence-corrected chi connectivity index (χ0v) is 11.9. The highest BCUT2D eigenvalue weighted by molar-refractivity contribution is 6.09. The molecule has 0 aromatic heterocycles. The molecule has 0 fully saturated rings. The molecule has 0 aliphatic carbocycles. The van der Waals surface area contributed by atoms with Crippen LogP contribution < -0.4 is 11.1 Å². The summed E-state index contributed by atoms with van der Waals surface area (Å²) in [7, 11) is 0. The van der Waals surface area contributed by atoms with Crippen molar-refractivity contribution >= 4 is 11.6 Å². The molecule has 1 rings (SSSR count). The van der Waals surface area contributed by atoms with E-state index in [0.29, 0.717) is 24.5 Å². The number of nitrogens with zero attached hydrogens (tertiary/aromatic N) is 1.